The van der Waals surface area contributed by atoms with Crippen LogP contribution >= 0.6 is 0 Å². The molecule has 0 spiro atoms. The first-order valence-electron chi connectivity index (χ1n) is 6.57. The van der Waals surface area contributed by atoms with E-state index in [-0.39, 0.29) is 0 Å². The lowest BCUT2D eigenvalue weighted by Gasteiger charge is -2.38. The summed E-state index contributed by atoms with van der Waals surface area (Å²) in [5.41, 5.74) is 0.564. The number of methoxy groups -OCH3 is 1. The Balaban J connectivity index is 1.71. The summed E-state index contributed by atoms with van der Waals surface area (Å²) in [6.45, 7) is 9.54. The van der Waals surface area contributed by atoms with Gasteiger partial charge in [-0.05, 0) is 37.8 Å². The minimum absolute atomic E-state index is 0.436. The summed E-state index contributed by atoms with van der Waals surface area (Å²) in [7, 11) is 1.82. The first kappa shape index (κ1) is 12.3. The van der Waals surface area contributed by atoms with Gasteiger partial charge < -0.3 is 15.0 Å². The maximum atomic E-state index is 5.38. The molecule has 2 saturated heterocycles. The van der Waals surface area contributed by atoms with Crippen molar-refractivity contribution >= 4 is 0 Å². The van der Waals surface area contributed by atoms with E-state index in [0.717, 1.165) is 6.54 Å². The number of nitrogens with zero attached hydrogens (tertiary/aromatic N) is 1. The maximum Gasteiger partial charge on any atom is 0.0711 e. The van der Waals surface area contributed by atoms with Crippen LogP contribution in [0.3, 0.4) is 0 Å². The number of hydrogen-bond donors (Lipinski definition) is 1. The van der Waals surface area contributed by atoms with E-state index in [1.165, 1.54) is 38.9 Å². The highest BCUT2D eigenvalue weighted by Gasteiger charge is 2.29. The third kappa shape index (κ3) is 3.19. The fraction of sp³-hybridized carbons (Fsp3) is 1.00. The van der Waals surface area contributed by atoms with Crippen LogP contribution in [-0.2, 0) is 4.74 Å². The highest BCUT2D eigenvalue weighted by Crippen LogP contribution is 2.29. The van der Waals surface area contributed by atoms with E-state index < -0.39 is 0 Å². The van der Waals surface area contributed by atoms with Gasteiger partial charge in [-0.3, -0.25) is 0 Å². The zero-order chi connectivity index (χ0) is 11.6. The monoisotopic (exact) mass is 226 g/mol. The standard InChI is InChI=1S/C13H26N2O/c1-13(2)4-6-15(7-5-13)10-11-8-12(16-3)9-14-11/h11-12,14H,4-10H2,1-3H3. The number of nitrogens with one attached hydrogen (secondary N) is 1. The molecule has 2 unspecified atom stereocenters. The molecule has 1 N–H and O–H groups in total. The van der Waals surface area contributed by atoms with Gasteiger partial charge in [0.1, 0.15) is 0 Å². The van der Waals surface area contributed by atoms with Crippen LogP contribution in [0.15, 0.2) is 0 Å². The Morgan fingerprint density at radius 1 is 1.31 bits per heavy atom. The second-order valence-corrected chi connectivity index (χ2v) is 6.16. The van der Waals surface area contributed by atoms with Gasteiger partial charge in [0.15, 0.2) is 0 Å². The van der Waals surface area contributed by atoms with Gasteiger partial charge in [0.05, 0.1) is 6.10 Å². The Morgan fingerprint density at radius 2 is 2.00 bits per heavy atom. The van der Waals surface area contributed by atoms with Crippen molar-refractivity contribution < 1.29 is 4.74 Å². The number of hydrogen-bond acceptors (Lipinski definition) is 3. The first-order chi connectivity index (χ1) is 7.59. The summed E-state index contributed by atoms with van der Waals surface area (Å²) < 4.78 is 5.38. The predicted octanol–water partition coefficient (Wildman–Crippen LogP) is 1.49. The molecule has 2 aliphatic rings. The number of likely N-dealkylation sites (tertiary alicyclic amines) is 1. The van der Waals surface area contributed by atoms with E-state index >= 15 is 0 Å². The molecule has 3 heteroatoms. The van der Waals surface area contributed by atoms with Crippen LogP contribution in [0.25, 0.3) is 0 Å². The second kappa shape index (κ2) is 5.03. The molecule has 0 saturated carbocycles. The summed E-state index contributed by atoms with van der Waals surface area (Å²) in [5.74, 6) is 0. The molecule has 16 heavy (non-hydrogen) atoms. The average Bonchev–Trinajstić information content (AvgIpc) is 2.69. The summed E-state index contributed by atoms with van der Waals surface area (Å²) in [4.78, 5) is 2.61. The molecule has 0 radical (unpaired) electrons. The van der Waals surface area contributed by atoms with Crippen LogP contribution in [0, 0.1) is 5.41 Å². The second-order valence-electron chi connectivity index (χ2n) is 6.16. The quantitative estimate of drug-likeness (QED) is 0.789. The number of piperidine rings is 1. The lowest BCUT2D eigenvalue weighted by atomic mass is 9.82. The molecule has 2 aliphatic heterocycles. The minimum atomic E-state index is 0.436. The minimum Gasteiger partial charge on any atom is -0.380 e. The third-order valence-corrected chi connectivity index (χ3v) is 4.20. The molecule has 2 heterocycles. The molecular formula is C13H26N2O. The molecule has 2 fully saturated rings. The summed E-state index contributed by atoms with van der Waals surface area (Å²) in [5, 5.41) is 3.56. The molecule has 0 amide bonds. The molecular weight excluding hydrogens is 200 g/mol. The lowest BCUT2D eigenvalue weighted by molar-refractivity contribution is 0.107. The Kier molecular flexibility index (Phi) is 3.88. The maximum absolute atomic E-state index is 5.38. The van der Waals surface area contributed by atoms with Gasteiger partial charge in [-0.2, -0.15) is 0 Å². The van der Waals surface area contributed by atoms with Crippen molar-refractivity contribution in [1.29, 1.82) is 0 Å². The lowest BCUT2D eigenvalue weighted by Crippen LogP contribution is -2.43. The molecule has 2 atom stereocenters. The van der Waals surface area contributed by atoms with Gasteiger partial charge >= 0.3 is 0 Å². The highest BCUT2D eigenvalue weighted by molar-refractivity contribution is 4.87. The molecule has 0 bridgehead atoms. The van der Waals surface area contributed by atoms with Crippen LogP contribution < -0.4 is 5.32 Å². The summed E-state index contributed by atoms with van der Waals surface area (Å²) >= 11 is 0. The molecule has 2 rings (SSSR count). The van der Waals surface area contributed by atoms with Gasteiger partial charge in [0, 0.05) is 26.2 Å². The van der Waals surface area contributed by atoms with Crippen molar-refractivity contribution in [2.75, 3.05) is 33.3 Å². The largest absolute Gasteiger partial charge is 0.380 e. The highest BCUT2D eigenvalue weighted by atomic mass is 16.5. The van der Waals surface area contributed by atoms with Gasteiger partial charge in [-0.25, -0.2) is 0 Å². The van der Waals surface area contributed by atoms with E-state index in [1.807, 2.05) is 7.11 Å². The van der Waals surface area contributed by atoms with Crippen molar-refractivity contribution in [1.82, 2.24) is 10.2 Å². The van der Waals surface area contributed by atoms with Crippen LogP contribution in [0.2, 0.25) is 0 Å². The van der Waals surface area contributed by atoms with Gasteiger partial charge in [-0.1, -0.05) is 13.8 Å². The zero-order valence-corrected chi connectivity index (χ0v) is 11.0. The molecule has 0 aromatic heterocycles. The average molecular weight is 226 g/mol. The van der Waals surface area contributed by atoms with Crippen molar-refractivity contribution in [2.24, 2.45) is 5.41 Å². The van der Waals surface area contributed by atoms with Crippen molar-refractivity contribution in [3.05, 3.63) is 0 Å². The van der Waals surface area contributed by atoms with Crippen LogP contribution in [0.1, 0.15) is 33.1 Å². The normalized spacial score (nSPS) is 35.4. The molecule has 0 aromatic rings. The van der Waals surface area contributed by atoms with E-state index in [4.69, 9.17) is 4.74 Å². The molecule has 3 nitrogen and oxygen atoms in total. The summed E-state index contributed by atoms with van der Waals surface area (Å²) in [6.07, 6.45) is 4.29. The zero-order valence-electron chi connectivity index (χ0n) is 11.0. The van der Waals surface area contributed by atoms with Crippen LogP contribution in [0.4, 0.5) is 0 Å². The third-order valence-electron chi connectivity index (χ3n) is 4.20. The van der Waals surface area contributed by atoms with Crippen molar-refractivity contribution in [3.63, 3.8) is 0 Å². The van der Waals surface area contributed by atoms with E-state index in [9.17, 15) is 0 Å². The van der Waals surface area contributed by atoms with Crippen molar-refractivity contribution in [2.45, 2.75) is 45.3 Å². The Bertz CT molecular complexity index is 220. The SMILES string of the molecule is COC1CNC(CN2CCC(C)(C)CC2)C1. The molecule has 94 valence electrons. The van der Waals surface area contributed by atoms with Gasteiger partial charge in [-0.15, -0.1) is 0 Å². The number of rotatable bonds is 3. The molecule has 0 aliphatic carbocycles. The van der Waals surface area contributed by atoms with Gasteiger partial charge in [0.25, 0.3) is 0 Å². The first-order valence-corrected chi connectivity index (χ1v) is 6.57. The van der Waals surface area contributed by atoms with E-state index in [0.29, 0.717) is 17.6 Å². The topological polar surface area (TPSA) is 24.5 Å². The fourth-order valence-corrected chi connectivity index (χ4v) is 2.75. The molecule has 0 aromatic carbocycles. The number of ether oxygens (including phenoxy) is 1. The van der Waals surface area contributed by atoms with Gasteiger partial charge in [0.2, 0.25) is 0 Å². The summed E-state index contributed by atoms with van der Waals surface area (Å²) in [6, 6.07) is 0.645. The van der Waals surface area contributed by atoms with Crippen molar-refractivity contribution in [3.8, 4) is 0 Å². The fourth-order valence-electron chi connectivity index (χ4n) is 2.75. The smallest absolute Gasteiger partial charge is 0.0711 e. The van der Waals surface area contributed by atoms with E-state index in [2.05, 4.69) is 24.1 Å². The predicted molar refractivity (Wildman–Crippen MR) is 66.7 cm³/mol. The van der Waals surface area contributed by atoms with Crippen LogP contribution in [-0.4, -0.2) is 50.3 Å². The van der Waals surface area contributed by atoms with E-state index in [1.54, 1.807) is 0 Å². The Morgan fingerprint density at radius 3 is 2.56 bits per heavy atom. The van der Waals surface area contributed by atoms with Crippen LogP contribution in [0.5, 0.6) is 0 Å². The Labute approximate surface area is 99.5 Å². The Hall–Kier alpha value is -0.120.